The van der Waals surface area contributed by atoms with Crippen LogP contribution in [0.15, 0.2) is 47.1 Å². The van der Waals surface area contributed by atoms with Crippen LogP contribution >= 0.6 is 31.9 Å². The van der Waals surface area contributed by atoms with Crippen molar-refractivity contribution in [3.8, 4) is 0 Å². The summed E-state index contributed by atoms with van der Waals surface area (Å²) in [5, 5.41) is 2.88. The van der Waals surface area contributed by atoms with Gasteiger partial charge in [0.25, 0.3) is 5.91 Å². The molecule has 0 aliphatic rings. The summed E-state index contributed by atoms with van der Waals surface area (Å²) in [5.41, 5.74) is 2.22. The van der Waals surface area contributed by atoms with Gasteiger partial charge in [0.2, 0.25) is 0 Å². The van der Waals surface area contributed by atoms with Crippen LogP contribution in [0.3, 0.4) is 0 Å². The number of amides is 1. The van der Waals surface area contributed by atoms with Crippen LogP contribution in [-0.2, 0) is 0 Å². The monoisotopic (exact) mass is 382 g/mol. The summed E-state index contributed by atoms with van der Waals surface area (Å²) in [4.78, 5) is 16.3. The van der Waals surface area contributed by atoms with Gasteiger partial charge in [0.15, 0.2) is 0 Å². The van der Waals surface area contributed by atoms with Gasteiger partial charge >= 0.3 is 0 Å². The molecule has 2 rings (SSSR count). The van der Waals surface area contributed by atoms with Gasteiger partial charge in [-0.3, -0.25) is 4.79 Å². The molecule has 19 heavy (non-hydrogen) atoms. The number of halogens is 2. The quantitative estimate of drug-likeness (QED) is 0.789. The van der Waals surface area contributed by atoms with Crippen molar-refractivity contribution in [1.82, 2.24) is 4.98 Å². The van der Waals surface area contributed by atoms with E-state index < -0.39 is 0 Å². The maximum Gasteiger partial charge on any atom is 0.274 e. The fraction of sp³-hybridized carbons (Fsp3) is 0.143. The minimum Gasteiger partial charge on any atom is -0.320 e. The van der Waals surface area contributed by atoms with Gasteiger partial charge in [-0.05, 0) is 46.6 Å². The Labute approximate surface area is 128 Å². The van der Waals surface area contributed by atoms with Crippen molar-refractivity contribution in [2.24, 2.45) is 0 Å². The van der Waals surface area contributed by atoms with Crippen molar-refractivity contribution in [2.75, 3.05) is 5.32 Å². The standard InChI is InChI=1S/C14H12Br2N2O/c1-9(15)11-4-2-3-5-12(11)18-14(19)13-7-6-10(16)8-17-13/h2-9H,1H3,(H,18,19). The van der Waals surface area contributed by atoms with Crippen molar-refractivity contribution in [3.63, 3.8) is 0 Å². The van der Waals surface area contributed by atoms with Crippen LogP contribution in [0.1, 0.15) is 27.8 Å². The molecular weight excluding hydrogens is 372 g/mol. The summed E-state index contributed by atoms with van der Waals surface area (Å²) >= 11 is 6.81. The number of hydrogen-bond acceptors (Lipinski definition) is 2. The summed E-state index contributed by atoms with van der Waals surface area (Å²) in [7, 11) is 0. The van der Waals surface area contributed by atoms with Gasteiger partial charge < -0.3 is 5.32 Å². The van der Waals surface area contributed by atoms with Gasteiger partial charge in [-0.1, -0.05) is 34.1 Å². The van der Waals surface area contributed by atoms with Crippen LogP contribution in [-0.4, -0.2) is 10.9 Å². The number of rotatable bonds is 3. The zero-order valence-electron chi connectivity index (χ0n) is 10.2. The molecule has 0 saturated heterocycles. The number of hydrogen-bond donors (Lipinski definition) is 1. The SMILES string of the molecule is CC(Br)c1ccccc1NC(=O)c1ccc(Br)cn1. The Bertz CT molecular complexity index is 582. The van der Waals surface area contributed by atoms with Crippen molar-refractivity contribution >= 4 is 43.5 Å². The molecule has 1 unspecified atom stereocenters. The number of pyridine rings is 1. The van der Waals surface area contributed by atoms with E-state index in [1.54, 1.807) is 18.3 Å². The lowest BCUT2D eigenvalue weighted by Gasteiger charge is -2.12. The Kier molecular flexibility index (Phi) is 4.71. The van der Waals surface area contributed by atoms with Gasteiger partial charge in [-0.25, -0.2) is 4.98 Å². The molecule has 0 radical (unpaired) electrons. The van der Waals surface area contributed by atoms with E-state index in [4.69, 9.17) is 0 Å². The number of aromatic nitrogens is 1. The Hall–Kier alpha value is -1.20. The predicted octanol–water partition coefficient (Wildman–Crippen LogP) is 4.55. The number of benzene rings is 1. The second-order valence-electron chi connectivity index (χ2n) is 4.02. The minimum absolute atomic E-state index is 0.168. The molecule has 1 amide bonds. The van der Waals surface area contributed by atoms with E-state index in [9.17, 15) is 4.79 Å². The van der Waals surface area contributed by atoms with Gasteiger partial charge in [0, 0.05) is 21.2 Å². The second kappa shape index (κ2) is 6.30. The molecule has 0 saturated carbocycles. The second-order valence-corrected chi connectivity index (χ2v) is 6.31. The third-order valence-corrected chi connectivity index (χ3v) is 3.56. The van der Waals surface area contributed by atoms with Gasteiger partial charge in [-0.2, -0.15) is 0 Å². The highest BCUT2D eigenvalue weighted by atomic mass is 79.9. The normalized spacial score (nSPS) is 11.9. The smallest absolute Gasteiger partial charge is 0.274 e. The highest BCUT2D eigenvalue weighted by Crippen LogP contribution is 2.28. The fourth-order valence-electron chi connectivity index (χ4n) is 1.65. The van der Waals surface area contributed by atoms with Crippen LogP contribution in [0.25, 0.3) is 0 Å². The highest BCUT2D eigenvalue weighted by Gasteiger charge is 2.12. The third kappa shape index (κ3) is 3.64. The van der Waals surface area contributed by atoms with E-state index in [1.807, 2.05) is 31.2 Å². The molecule has 2 aromatic rings. The summed E-state index contributed by atoms with van der Waals surface area (Å²) in [6.45, 7) is 2.02. The molecule has 3 nitrogen and oxygen atoms in total. The average Bonchev–Trinajstić information content (AvgIpc) is 2.39. The predicted molar refractivity (Wildman–Crippen MR) is 83.7 cm³/mol. The van der Waals surface area contributed by atoms with E-state index in [1.165, 1.54) is 0 Å². The van der Waals surface area contributed by atoms with Gasteiger partial charge in [0.05, 0.1) is 0 Å². The fourth-order valence-corrected chi connectivity index (χ4v) is 2.29. The average molecular weight is 384 g/mol. The highest BCUT2D eigenvalue weighted by molar-refractivity contribution is 9.10. The van der Waals surface area contributed by atoms with Crippen LogP contribution in [0, 0.1) is 0 Å². The van der Waals surface area contributed by atoms with Crippen LogP contribution in [0.5, 0.6) is 0 Å². The molecule has 5 heteroatoms. The zero-order chi connectivity index (χ0) is 13.8. The first-order chi connectivity index (χ1) is 9.08. The van der Waals surface area contributed by atoms with E-state index in [-0.39, 0.29) is 10.7 Å². The van der Waals surface area contributed by atoms with Crippen LogP contribution in [0.4, 0.5) is 5.69 Å². The Morgan fingerprint density at radius 3 is 2.63 bits per heavy atom. The lowest BCUT2D eigenvalue weighted by Crippen LogP contribution is -2.14. The molecule has 1 aromatic carbocycles. The number of carbonyl (C=O) groups is 1. The number of nitrogens with one attached hydrogen (secondary N) is 1. The Morgan fingerprint density at radius 1 is 1.26 bits per heavy atom. The first kappa shape index (κ1) is 14.2. The van der Waals surface area contributed by atoms with E-state index in [0.29, 0.717) is 5.69 Å². The first-order valence-electron chi connectivity index (χ1n) is 5.74. The molecule has 1 aromatic heterocycles. The lowest BCUT2D eigenvalue weighted by atomic mass is 10.1. The lowest BCUT2D eigenvalue weighted by molar-refractivity contribution is 0.102. The largest absolute Gasteiger partial charge is 0.320 e. The molecule has 1 atom stereocenters. The van der Waals surface area contributed by atoms with E-state index >= 15 is 0 Å². The van der Waals surface area contributed by atoms with E-state index in [0.717, 1.165) is 15.7 Å². The topological polar surface area (TPSA) is 42.0 Å². The van der Waals surface area contributed by atoms with Crippen molar-refractivity contribution in [3.05, 3.63) is 58.3 Å². The maximum absolute atomic E-state index is 12.1. The zero-order valence-corrected chi connectivity index (χ0v) is 13.4. The number of anilines is 1. The van der Waals surface area contributed by atoms with Crippen molar-refractivity contribution < 1.29 is 4.79 Å². The summed E-state index contributed by atoms with van der Waals surface area (Å²) in [6.07, 6.45) is 1.61. The molecule has 98 valence electrons. The maximum atomic E-state index is 12.1. The molecule has 0 fully saturated rings. The molecule has 1 N–H and O–H groups in total. The van der Waals surface area contributed by atoms with E-state index in [2.05, 4.69) is 42.2 Å². The Balaban J connectivity index is 2.22. The van der Waals surface area contributed by atoms with Crippen molar-refractivity contribution in [2.45, 2.75) is 11.8 Å². The Morgan fingerprint density at radius 2 is 2.00 bits per heavy atom. The van der Waals surface area contributed by atoms with Gasteiger partial charge in [-0.15, -0.1) is 0 Å². The number of nitrogens with zero attached hydrogens (tertiary/aromatic N) is 1. The molecule has 0 aliphatic heterocycles. The number of carbonyl (C=O) groups excluding carboxylic acids is 1. The number of para-hydroxylation sites is 1. The molecule has 0 bridgehead atoms. The van der Waals surface area contributed by atoms with Gasteiger partial charge in [0.1, 0.15) is 5.69 Å². The third-order valence-electron chi connectivity index (χ3n) is 2.60. The van der Waals surface area contributed by atoms with Crippen LogP contribution in [0.2, 0.25) is 0 Å². The molecule has 0 spiro atoms. The summed E-state index contributed by atoms with van der Waals surface area (Å²) in [6, 6.07) is 11.2. The molecule has 0 aliphatic carbocycles. The van der Waals surface area contributed by atoms with Crippen molar-refractivity contribution in [1.29, 1.82) is 0 Å². The summed E-state index contributed by atoms with van der Waals surface area (Å²) < 4.78 is 0.846. The summed E-state index contributed by atoms with van der Waals surface area (Å²) in [5.74, 6) is -0.215. The minimum atomic E-state index is -0.215. The first-order valence-corrected chi connectivity index (χ1v) is 7.44. The number of alkyl halides is 1. The molecule has 1 heterocycles. The van der Waals surface area contributed by atoms with Crippen LogP contribution < -0.4 is 5.32 Å². The molecular formula is C14H12Br2N2O.